The van der Waals surface area contributed by atoms with Gasteiger partial charge in [0.2, 0.25) is 10.0 Å². The van der Waals surface area contributed by atoms with Gasteiger partial charge in [0.25, 0.3) is 5.91 Å². The summed E-state index contributed by atoms with van der Waals surface area (Å²) in [5, 5.41) is 3.18. The number of anilines is 1. The number of carbonyl (C=O) groups is 1. The Kier molecular flexibility index (Phi) is 7.47. The molecule has 1 atom stereocenters. The first-order chi connectivity index (χ1) is 19.8. The molecule has 0 radical (unpaired) electrons. The molecule has 41 heavy (non-hydrogen) atoms. The van der Waals surface area contributed by atoms with Gasteiger partial charge in [0.1, 0.15) is 29.4 Å². The van der Waals surface area contributed by atoms with Gasteiger partial charge in [0.05, 0.1) is 31.9 Å². The molecular formula is C28H25FN4O5S3. The number of hydrogen-bond acceptors (Lipinski definition) is 9. The third-order valence-electron chi connectivity index (χ3n) is 7.34. The van der Waals surface area contributed by atoms with Gasteiger partial charge in [-0.3, -0.25) is 4.79 Å². The predicted octanol–water partition coefficient (Wildman–Crippen LogP) is 6.31. The van der Waals surface area contributed by atoms with Gasteiger partial charge in [-0.05, 0) is 72.9 Å². The Morgan fingerprint density at radius 1 is 1.20 bits per heavy atom. The summed E-state index contributed by atoms with van der Waals surface area (Å²) in [5.74, 6) is -0.738. The molecule has 1 aliphatic rings. The van der Waals surface area contributed by atoms with Crippen LogP contribution in [0.3, 0.4) is 0 Å². The fourth-order valence-corrected chi connectivity index (χ4v) is 7.97. The second-order valence-electron chi connectivity index (χ2n) is 9.71. The molecule has 3 heterocycles. The molecule has 0 aliphatic carbocycles. The molecule has 1 saturated heterocycles. The lowest BCUT2D eigenvalue weighted by atomic mass is 9.89. The predicted molar refractivity (Wildman–Crippen MR) is 159 cm³/mol. The number of fused-ring (bicyclic) bond motifs is 2. The minimum absolute atomic E-state index is 0.218. The molecule has 2 aromatic heterocycles. The van der Waals surface area contributed by atoms with Gasteiger partial charge in [-0.25, -0.2) is 17.8 Å². The minimum atomic E-state index is -3.78. The van der Waals surface area contributed by atoms with Crippen LogP contribution in [0.15, 0.2) is 69.4 Å². The van der Waals surface area contributed by atoms with Crippen LogP contribution in [0, 0.1) is 5.82 Å². The van der Waals surface area contributed by atoms with E-state index in [0.717, 1.165) is 15.8 Å². The van der Waals surface area contributed by atoms with Crippen molar-refractivity contribution in [1.82, 2.24) is 14.6 Å². The summed E-state index contributed by atoms with van der Waals surface area (Å²) >= 11 is 1.81. The molecule has 0 unspecified atom stereocenters. The number of nitrogens with zero attached hydrogens (tertiary/aromatic N) is 2. The highest BCUT2D eigenvalue weighted by atomic mass is 32.2. The lowest BCUT2D eigenvalue weighted by Crippen LogP contribution is -2.39. The number of sulfonamides is 1. The summed E-state index contributed by atoms with van der Waals surface area (Å²) in [6, 6.07) is 14.1. The topological polar surface area (TPSA) is 125 Å². The standard InChI is InChI=1S/C28H25FN4O5S3/c1-30-28(34)26-21-12-20(23(32-40-35)13-24(21)38-27(26)16-4-6-18(29)7-5-16)17-3-2-10-33(14-17)41(36,37)19-8-9-22-25(11-19)39-15-31-22/h4-9,11-13,15,17,32,35H,2-3,10,14H2,1H3,(H,30,34)/t17-/m0/s1. The molecule has 0 spiro atoms. The molecule has 1 amide bonds. The number of rotatable bonds is 7. The number of piperidine rings is 1. The SMILES string of the molecule is CNC(=O)c1c(-c2ccc(F)cc2)oc2cc(NSO)c([C@H]3CCCN(S(=O)(=O)c4ccc5ncsc5c4)C3)cc12. The average Bonchev–Trinajstić information content (AvgIpc) is 3.61. The maximum absolute atomic E-state index is 13.7. The minimum Gasteiger partial charge on any atom is -0.455 e. The molecule has 1 fully saturated rings. The van der Waals surface area contributed by atoms with Gasteiger partial charge in [-0.2, -0.15) is 4.31 Å². The Hall–Kier alpha value is -3.49. The average molecular weight is 613 g/mol. The first kappa shape index (κ1) is 27.7. The monoisotopic (exact) mass is 612 g/mol. The van der Waals surface area contributed by atoms with Crippen molar-refractivity contribution in [1.29, 1.82) is 0 Å². The first-order valence-electron chi connectivity index (χ1n) is 12.8. The summed E-state index contributed by atoms with van der Waals surface area (Å²) in [5.41, 5.74) is 4.94. The number of carbonyl (C=O) groups excluding carboxylic acids is 1. The van der Waals surface area contributed by atoms with Crippen molar-refractivity contribution >= 4 is 66.4 Å². The van der Waals surface area contributed by atoms with Crippen molar-refractivity contribution in [2.45, 2.75) is 23.7 Å². The van der Waals surface area contributed by atoms with Gasteiger partial charge in [0.15, 0.2) is 0 Å². The van der Waals surface area contributed by atoms with E-state index in [1.807, 2.05) is 6.07 Å². The second-order valence-corrected chi connectivity index (χ2v) is 12.9. The van der Waals surface area contributed by atoms with Gasteiger partial charge in [-0.15, -0.1) is 11.3 Å². The number of thiazole rings is 1. The molecule has 1 aliphatic heterocycles. The Morgan fingerprint density at radius 2 is 2.00 bits per heavy atom. The van der Waals surface area contributed by atoms with Gasteiger partial charge < -0.3 is 19.0 Å². The van der Waals surface area contributed by atoms with Crippen LogP contribution in [0.4, 0.5) is 10.1 Å². The lowest BCUT2D eigenvalue weighted by Gasteiger charge is -2.33. The molecule has 6 rings (SSSR count). The van der Waals surface area contributed by atoms with Crippen molar-refractivity contribution in [2.24, 2.45) is 0 Å². The Bertz CT molecular complexity index is 1870. The highest BCUT2D eigenvalue weighted by molar-refractivity contribution is 7.95. The number of benzene rings is 3. The number of amides is 1. The van der Waals surface area contributed by atoms with E-state index in [9.17, 15) is 22.2 Å². The van der Waals surface area contributed by atoms with E-state index in [0.29, 0.717) is 53.8 Å². The molecule has 3 aromatic carbocycles. The highest BCUT2D eigenvalue weighted by Gasteiger charge is 2.33. The van der Waals surface area contributed by atoms with E-state index in [2.05, 4.69) is 15.0 Å². The van der Waals surface area contributed by atoms with Crippen molar-refractivity contribution < 1.29 is 26.6 Å². The zero-order chi connectivity index (χ0) is 28.7. The van der Waals surface area contributed by atoms with Gasteiger partial charge in [0, 0.05) is 37.2 Å². The normalized spacial score (nSPS) is 16.3. The van der Waals surface area contributed by atoms with Crippen LogP contribution >= 0.6 is 23.6 Å². The zero-order valence-corrected chi connectivity index (χ0v) is 24.2. The number of nitrogens with one attached hydrogen (secondary N) is 2. The van der Waals surface area contributed by atoms with Crippen LogP contribution < -0.4 is 10.0 Å². The number of halogens is 1. The fourth-order valence-electron chi connectivity index (χ4n) is 5.35. The van der Waals surface area contributed by atoms with E-state index in [-0.39, 0.29) is 34.6 Å². The van der Waals surface area contributed by atoms with E-state index in [1.54, 1.807) is 29.8 Å². The fraction of sp³-hybridized carbons (Fsp3) is 0.214. The molecular weight excluding hydrogens is 588 g/mol. The summed E-state index contributed by atoms with van der Waals surface area (Å²) in [7, 11) is -2.26. The molecule has 3 N–H and O–H groups in total. The van der Waals surface area contributed by atoms with E-state index < -0.39 is 15.8 Å². The summed E-state index contributed by atoms with van der Waals surface area (Å²) in [6.45, 7) is 0.598. The third kappa shape index (κ3) is 5.08. The smallest absolute Gasteiger partial charge is 0.255 e. The van der Waals surface area contributed by atoms with Crippen LogP contribution in [0.1, 0.15) is 34.7 Å². The molecule has 212 valence electrons. The van der Waals surface area contributed by atoms with Gasteiger partial charge in [-0.1, -0.05) is 0 Å². The number of furan rings is 1. The largest absolute Gasteiger partial charge is 0.455 e. The number of hydrogen-bond donors (Lipinski definition) is 3. The van der Waals surface area contributed by atoms with E-state index in [1.165, 1.54) is 47.0 Å². The summed E-state index contributed by atoms with van der Waals surface area (Å²) in [6.07, 6.45) is 1.33. The summed E-state index contributed by atoms with van der Waals surface area (Å²) < 4.78 is 61.9. The first-order valence-corrected chi connectivity index (χ1v) is 15.9. The zero-order valence-electron chi connectivity index (χ0n) is 21.8. The Labute approximate surface area is 243 Å². The lowest BCUT2D eigenvalue weighted by molar-refractivity contribution is 0.0964. The molecule has 9 nitrogen and oxygen atoms in total. The van der Waals surface area contributed by atoms with Crippen LogP contribution in [-0.4, -0.2) is 48.3 Å². The van der Waals surface area contributed by atoms with Crippen LogP contribution in [-0.2, 0) is 10.0 Å². The maximum Gasteiger partial charge on any atom is 0.255 e. The van der Waals surface area contributed by atoms with Crippen molar-refractivity contribution in [2.75, 3.05) is 24.9 Å². The Morgan fingerprint density at radius 3 is 2.76 bits per heavy atom. The molecule has 0 bridgehead atoms. The van der Waals surface area contributed by atoms with Crippen LogP contribution in [0.5, 0.6) is 0 Å². The van der Waals surface area contributed by atoms with Crippen molar-refractivity contribution in [3.63, 3.8) is 0 Å². The second kappa shape index (κ2) is 11.1. The van der Waals surface area contributed by atoms with Crippen molar-refractivity contribution in [3.8, 4) is 11.3 Å². The van der Waals surface area contributed by atoms with Crippen LogP contribution in [0.2, 0.25) is 0 Å². The molecule has 5 aromatic rings. The molecule has 13 heteroatoms. The van der Waals surface area contributed by atoms with Crippen LogP contribution in [0.25, 0.3) is 32.5 Å². The molecule has 0 saturated carbocycles. The maximum atomic E-state index is 13.7. The van der Waals surface area contributed by atoms with E-state index >= 15 is 0 Å². The third-order valence-corrected chi connectivity index (χ3v) is 10.3. The quantitative estimate of drug-likeness (QED) is 0.144. The van der Waals surface area contributed by atoms with Gasteiger partial charge >= 0.3 is 0 Å². The van der Waals surface area contributed by atoms with E-state index in [4.69, 9.17) is 4.42 Å². The Balaban J connectivity index is 1.42. The summed E-state index contributed by atoms with van der Waals surface area (Å²) in [4.78, 5) is 17.5. The number of aromatic nitrogens is 1. The highest BCUT2D eigenvalue weighted by Crippen LogP contribution is 2.41. The van der Waals surface area contributed by atoms with Crippen molar-refractivity contribution in [3.05, 3.63) is 77.1 Å².